The largest absolute Gasteiger partial charge is 0.303 e. The molecule has 0 radical (unpaired) electrons. The molecule has 0 amide bonds. The minimum absolute atomic E-state index is 0.319. The molecule has 0 unspecified atom stereocenters. The number of nitrogens with zero attached hydrogens (tertiary/aromatic N) is 2. The molecular weight excluding hydrogens is 220 g/mol. The second kappa shape index (κ2) is 3.85. The number of halogens is 1. The fourth-order valence-corrected chi connectivity index (χ4v) is 1.72. The molecule has 0 aromatic carbocycles. The lowest BCUT2D eigenvalue weighted by molar-refractivity contribution is -0.107. The first-order valence-electron chi connectivity index (χ1n) is 3.82. The maximum absolute atomic E-state index is 10.2. The molecule has 0 aliphatic heterocycles. The molecule has 66 valence electrons. The molecule has 0 N–H and O–H groups in total. The molecule has 4 heteroatoms. The van der Waals surface area contributed by atoms with Crippen molar-refractivity contribution >= 4 is 22.2 Å². The van der Waals surface area contributed by atoms with Crippen LogP contribution in [-0.4, -0.2) is 16.1 Å². The Bertz CT molecular complexity index is 281. The van der Waals surface area contributed by atoms with E-state index in [-0.39, 0.29) is 0 Å². The van der Waals surface area contributed by atoms with Crippen LogP contribution in [0, 0.1) is 0 Å². The Hall–Kier alpha value is -0.640. The van der Waals surface area contributed by atoms with E-state index in [9.17, 15) is 4.79 Å². The van der Waals surface area contributed by atoms with Gasteiger partial charge in [-0.2, -0.15) is 5.10 Å². The lowest BCUT2D eigenvalue weighted by Crippen LogP contribution is -2.03. The highest BCUT2D eigenvalue weighted by Crippen LogP contribution is 2.16. The molecule has 0 spiro atoms. The zero-order valence-electron chi connectivity index (χ0n) is 7.12. The number of hydrogen-bond acceptors (Lipinski definition) is 2. The predicted octanol–water partition coefficient (Wildman–Crippen LogP) is 1.97. The van der Waals surface area contributed by atoms with Crippen LogP contribution in [0.3, 0.4) is 0 Å². The Labute approximate surface area is 79.9 Å². The van der Waals surface area contributed by atoms with Crippen LogP contribution in [-0.2, 0) is 11.2 Å². The molecular formula is C8H11BrN2O. The summed E-state index contributed by atoms with van der Waals surface area (Å²) in [6, 6.07) is 2.19. The van der Waals surface area contributed by atoms with Gasteiger partial charge in [-0.25, -0.2) is 0 Å². The lowest BCUT2D eigenvalue weighted by Gasteiger charge is -2.05. The summed E-state index contributed by atoms with van der Waals surface area (Å²) in [5.74, 6) is 0. The van der Waals surface area contributed by atoms with Crippen molar-refractivity contribution in [2.75, 3.05) is 0 Å². The minimum Gasteiger partial charge on any atom is -0.303 e. The number of carbonyl (C=O) groups is 1. The van der Waals surface area contributed by atoms with Crippen molar-refractivity contribution in [3.05, 3.63) is 16.4 Å². The van der Waals surface area contributed by atoms with Crippen LogP contribution < -0.4 is 0 Å². The first-order valence-corrected chi connectivity index (χ1v) is 4.62. The van der Waals surface area contributed by atoms with Gasteiger partial charge >= 0.3 is 0 Å². The highest BCUT2D eigenvalue weighted by Gasteiger charge is 2.06. The zero-order valence-corrected chi connectivity index (χ0v) is 8.71. The summed E-state index contributed by atoms with van der Waals surface area (Å²) in [7, 11) is 0. The maximum atomic E-state index is 10.2. The van der Waals surface area contributed by atoms with E-state index in [1.807, 2.05) is 24.6 Å². The molecule has 0 atom stereocenters. The van der Waals surface area contributed by atoms with Crippen LogP contribution in [0.5, 0.6) is 0 Å². The number of carbonyl (C=O) groups excluding carboxylic acids is 1. The predicted molar refractivity (Wildman–Crippen MR) is 50.1 cm³/mol. The van der Waals surface area contributed by atoms with Crippen molar-refractivity contribution in [2.24, 2.45) is 0 Å². The van der Waals surface area contributed by atoms with Gasteiger partial charge in [-0.05, 0) is 35.8 Å². The minimum atomic E-state index is 0.319. The smallest absolute Gasteiger partial charge is 0.126 e. The number of rotatable bonds is 3. The van der Waals surface area contributed by atoms with Gasteiger partial charge in [-0.3, -0.25) is 4.68 Å². The summed E-state index contributed by atoms with van der Waals surface area (Å²) in [6.07, 6.45) is 1.25. The van der Waals surface area contributed by atoms with E-state index in [4.69, 9.17) is 0 Å². The average molecular weight is 231 g/mol. The molecule has 0 fully saturated rings. The molecule has 3 nitrogen and oxygen atoms in total. The van der Waals surface area contributed by atoms with Gasteiger partial charge in [-0.1, -0.05) is 0 Å². The third kappa shape index (κ3) is 1.94. The number of hydrogen-bond donors (Lipinski definition) is 0. The van der Waals surface area contributed by atoms with Gasteiger partial charge in [0.05, 0.1) is 5.69 Å². The summed E-state index contributed by atoms with van der Waals surface area (Å²) in [5.41, 5.74) is 0.811. The van der Waals surface area contributed by atoms with E-state index < -0.39 is 0 Å². The number of aldehydes is 1. The van der Waals surface area contributed by atoms with Crippen molar-refractivity contribution in [3.8, 4) is 0 Å². The number of aromatic nitrogens is 2. The maximum Gasteiger partial charge on any atom is 0.126 e. The Balaban J connectivity index is 2.92. The first kappa shape index (κ1) is 9.45. The lowest BCUT2D eigenvalue weighted by atomic mass is 10.3. The van der Waals surface area contributed by atoms with Gasteiger partial charge in [0.1, 0.15) is 10.9 Å². The monoisotopic (exact) mass is 230 g/mol. The molecule has 1 aromatic heterocycles. The molecule has 1 aromatic rings. The standard InChI is InChI=1S/C8H11BrN2O/c1-6(2)11-8(9)5-7(10-11)3-4-12/h4-6H,3H2,1-2H3. The van der Waals surface area contributed by atoms with Gasteiger partial charge in [0.15, 0.2) is 0 Å². The molecule has 1 heterocycles. The van der Waals surface area contributed by atoms with Crippen molar-refractivity contribution in [3.63, 3.8) is 0 Å². The van der Waals surface area contributed by atoms with E-state index in [1.54, 1.807) is 0 Å². The fraction of sp³-hybridized carbons (Fsp3) is 0.500. The summed E-state index contributed by atoms with van der Waals surface area (Å²) in [6.45, 7) is 4.09. The Morgan fingerprint density at radius 2 is 2.42 bits per heavy atom. The van der Waals surface area contributed by atoms with Crippen molar-refractivity contribution in [1.82, 2.24) is 9.78 Å². The Morgan fingerprint density at radius 3 is 2.83 bits per heavy atom. The third-order valence-electron chi connectivity index (χ3n) is 1.52. The molecule has 12 heavy (non-hydrogen) atoms. The van der Waals surface area contributed by atoms with E-state index >= 15 is 0 Å². The normalized spacial score (nSPS) is 10.7. The zero-order chi connectivity index (χ0) is 9.14. The molecule has 0 aliphatic rings. The van der Waals surface area contributed by atoms with Crippen LogP contribution >= 0.6 is 15.9 Å². The fourth-order valence-electron chi connectivity index (χ4n) is 0.966. The van der Waals surface area contributed by atoms with Crippen LogP contribution in [0.25, 0.3) is 0 Å². The van der Waals surface area contributed by atoms with Crippen LogP contribution in [0.2, 0.25) is 0 Å². The van der Waals surface area contributed by atoms with Gasteiger partial charge in [-0.15, -0.1) is 0 Å². The van der Waals surface area contributed by atoms with E-state index in [0.717, 1.165) is 16.6 Å². The van der Waals surface area contributed by atoms with Crippen LogP contribution in [0.1, 0.15) is 25.6 Å². The molecule has 0 saturated heterocycles. The Morgan fingerprint density at radius 1 is 1.75 bits per heavy atom. The summed E-state index contributed by atoms with van der Waals surface area (Å²) >= 11 is 3.37. The highest BCUT2D eigenvalue weighted by atomic mass is 79.9. The molecule has 0 saturated carbocycles. The van der Waals surface area contributed by atoms with Crippen molar-refractivity contribution < 1.29 is 4.79 Å². The van der Waals surface area contributed by atoms with Gasteiger partial charge in [0, 0.05) is 12.5 Å². The van der Waals surface area contributed by atoms with E-state index in [1.165, 1.54) is 0 Å². The first-order chi connectivity index (χ1) is 5.65. The quantitative estimate of drug-likeness (QED) is 0.745. The van der Waals surface area contributed by atoms with Crippen molar-refractivity contribution in [1.29, 1.82) is 0 Å². The van der Waals surface area contributed by atoms with Gasteiger partial charge in [0.25, 0.3) is 0 Å². The highest BCUT2D eigenvalue weighted by molar-refractivity contribution is 9.10. The summed E-state index contributed by atoms with van der Waals surface area (Å²) in [5, 5.41) is 4.24. The Kier molecular flexibility index (Phi) is 3.03. The summed E-state index contributed by atoms with van der Waals surface area (Å²) in [4.78, 5) is 10.2. The van der Waals surface area contributed by atoms with Crippen molar-refractivity contribution in [2.45, 2.75) is 26.3 Å². The molecule has 0 aliphatic carbocycles. The van der Waals surface area contributed by atoms with E-state index in [0.29, 0.717) is 12.5 Å². The molecule has 1 rings (SSSR count). The summed E-state index contributed by atoms with van der Waals surface area (Å²) < 4.78 is 2.77. The van der Waals surface area contributed by atoms with Gasteiger partial charge < -0.3 is 4.79 Å². The SMILES string of the molecule is CC(C)n1nc(CC=O)cc1Br. The third-order valence-corrected chi connectivity index (χ3v) is 2.11. The van der Waals surface area contributed by atoms with E-state index in [2.05, 4.69) is 21.0 Å². The van der Waals surface area contributed by atoms with Crippen LogP contribution in [0.4, 0.5) is 0 Å². The topological polar surface area (TPSA) is 34.9 Å². The van der Waals surface area contributed by atoms with Gasteiger partial charge in [0.2, 0.25) is 0 Å². The molecule has 0 bridgehead atoms. The second-order valence-corrected chi connectivity index (χ2v) is 3.68. The second-order valence-electron chi connectivity index (χ2n) is 2.87. The average Bonchev–Trinajstić information content (AvgIpc) is 2.32. The van der Waals surface area contributed by atoms with Crippen LogP contribution in [0.15, 0.2) is 10.7 Å².